The van der Waals surface area contributed by atoms with Crippen molar-refractivity contribution in [1.29, 1.82) is 0 Å². The average molecular weight is 363 g/mol. The molecule has 4 fully saturated rings. The Kier molecular flexibility index (Phi) is 3.70. The molecule has 0 aromatic carbocycles. The summed E-state index contributed by atoms with van der Waals surface area (Å²) in [5, 5.41) is 0. The SMILES string of the molecule is CC1(C)[C@@H]2CC[C@@]1(C)[C@H](OC(=O)C(=O)O[C@@H]1C[C@H]3CC[C@]1(C)C3(C)C)C2. The lowest BCUT2D eigenvalue weighted by Crippen LogP contribution is -2.42. The average Bonchev–Trinajstić information content (AvgIpc) is 3.06. The first-order chi connectivity index (χ1) is 11.9. The number of carbonyl (C=O) groups excluding carboxylic acids is 2. The summed E-state index contributed by atoms with van der Waals surface area (Å²) in [5.74, 6) is -0.425. The highest BCUT2D eigenvalue weighted by Crippen LogP contribution is 2.67. The van der Waals surface area contributed by atoms with Crippen molar-refractivity contribution in [3.63, 3.8) is 0 Å². The third-order valence-corrected chi connectivity index (χ3v) is 10.1. The van der Waals surface area contributed by atoms with E-state index in [2.05, 4.69) is 41.5 Å². The van der Waals surface area contributed by atoms with Crippen LogP contribution in [0.5, 0.6) is 0 Å². The molecule has 6 atom stereocenters. The van der Waals surface area contributed by atoms with Gasteiger partial charge >= 0.3 is 11.9 Å². The summed E-state index contributed by atoms with van der Waals surface area (Å²) in [7, 11) is 0. The van der Waals surface area contributed by atoms with Gasteiger partial charge in [0, 0.05) is 10.8 Å². The molecule has 4 bridgehead atoms. The molecule has 0 unspecified atom stereocenters. The van der Waals surface area contributed by atoms with E-state index < -0.39 is 11.9 Å². The van der Waals surface area contributed by atoms with Crippen LogP contribution in [0, 0.1) is 33.5 Å². The third kappa shape index (κ3) is 2.08. The molecule has 0 saturated heterocycles. The van der Waals surface area contributed by atoms with E-state index in [9.17, 15) is 9.59 Å². The Hall–Kier alpha value is -1.06. The van der Waals surface area contributed by atoms with Crippen molar-refractivity contribution in [1.82, 2.24) is 0 Å². The first-order valence-corrected chi connectivity index (χ1v) is 10.3. The number of hydrogen-bond donors (Lipinski definition) is 0. The number of fused-ring (bicyclic) bond motifs is 4. The van der Waals surface area contributed by atoms with E-state index in [1.54, 1.807) is 0 Å². The summed E-state index contributed by atoms with van der Waals surface area (Å²) in [6, 6.07) is 0. The Labute approximate surface area is 157 Å². The molecule has 0 radical (unpaired) electrons. The normalized spacial score (nSPS) is 47.2. The van der Waals surface area contributed by atoms with Crippen molar-refractivity contribution in [3.05, 3.63) is 0 Å². The monoisotopic (exact) mass is 362 g/mol. The minimum Gasteiger partial charge on any atom is -0.453 e. The maximum Gasteiger partial charge on any atom is 0.417 e. The second-order valence-electron chi connectivity index (χ2n) is 11.0. The summed E-state index contributed by atoms with van der Waals surface area (Å²) in [5.41, 5.74) is 0.246. The van der Waals surface area contributed by atoms with E-state index in [1.165, 1.54) is 12.8 Å². The van der Waals surface area contributed by atoms with E-state index in [-0.39, 0.29) is 33.9 Å². The van der Waals surface area contributed by atoms with Crippen molar-refractivity contribution in [3.8, 4) is 0 Å². The molecule has 4 saturated carbocycles. The van der Waals surface area contributed by atoms with Crippen molar-refractivity contribution in [2.24, 2.45) is 33.5 Å². The molecule has 0 amide bonds. The summed E-state index contributed by atoms with van der Waals surface area (Å²) >= 11 is 0. The number of rotatable bonds is 2. The minimum absolute atomic E-state index is 0.0337. The molecule has 26 heavy (non-hydrogen) atoms. The molecular formula is C22H34O4. The van der Waals surface area contributed by atoms with Crippen LogP contribution in [-0.2, 0) is 19.1 Å². The number of hydrogen-bond acceptors (Lipinski definition) is 4. The van der Waals surface area contributed by atoms with Crippen LogP contribution in [0.25, 0.3) is 0 Å². The van der Waals surface area contributed by atoms with Gasteiger partial charge in [-0.05, 0) is 61.2 Å². The maximum atomic E-state index is 12.5. The Morgan fingerprint density at radius 1 is 0.692 bits per heavy atom. The lowest BCUT2D eigenvalue weighted by atomic mass is 9.70. The number of carbonyl (C=O) groups is 2. The van der Waals surface area contributed by atoms with Crippen molar-refractivity contribution >= 4 is 11.9 Å². The molecule has 146 valence electrons. The van der Waals surface area contributed by atoms with Crippen LogP contribution in [0.4, 0.5) is 0 Å². The van der Waals surface area contributed by atoms with Crippen LogP contribution in [0.3, 0.4) is 0 Å². The zero-order valence-electron chi connectivity index (χ0n) is 17.2. The van der Waals surface area contributed by atoms with E-state index in [1.807, 2.05) is 0 Å². The molecular weight excluding hydrogens is 328 g/mol. The molecule has 0 N–H and O–H groups in total. The Morgan fingerprint density at radius 2 is 1.04 bits per heavy atom. The van der Waals surface area contributed by atoms with Gasteiger partial charge in [-0.25, -0.2) is 9.59 Å². The Balaban J connectivity index is 1.41. The fraction of sp³-hybridized carbons (Fsp3) is 0.909. The van der Waals surface area contributed by atoms with Crippen molar-refractivity contribution in [2.75, 3.05) is 0 Å². The lowest BCUT2D eigenvalue weighted by molar-refractivity contribution is -0.182. The van der Waals surface area contributed by atoms with Gasteiger partial charge in [0.1, 0.15) is 12.2 Å². The number of ether oxygens (including phenoxy) is 2. The summed E-state index contributed by atoms with van der Waals surface area (Å²) in [6.07, 6.45) is 5.93. The van der Waals surface area contributed by atoms with Gasteiger partial charge in [-0.2, -0.15) is 0 Å². The summed E-state index contributed by atoms with van der Waals surface area (Å²) < 4.78 is 11.4. The van der Waals surface area contributed by atoms with Crippen LogP contribution >= 0.6 is 0 Å². The fourth-order valence-electron chi connectivity index (χ4n) is 6.97. The maximum absolute atomic E-state index is 12.5. The molecule has 4 aliphatic rings. The molecule has 0 aliphatic heterocycles. The summed E-state index contributed by atoms with van der Waals surface area (Å²) in [4.78, 5) is 25.0. The predicted octanol–water partition coefficient (Wildman–Crippen LogP) is 4.50. The quantitative estimate of drug-likeness (QED) is 0.536. The van der Waals surface area contributed by atoms with E-state index in [0.717, 1.165) is 25.7 Å². The zero-order valence-corrected chi connectivity index (χ0v) is 17.2. The van der Waals surface area contributed by atoms with Crippen LogP contribution in [0.1, 0.15) is 80.1 Å². The summed E-state index contributed by atoms with van der Waals surface area (Å²) in [6.45, 7) is 13.5. The smallest absolute Gasteiger partial charge is 0.417 e. The van der Waals surface area contributed by atoms with E-state index in [4.69, 9.17) is 9.47 Å². The highest BCUT2D eigenvalue weighted by molar-refractivity contribution is 6.29. The molecule has 0 spiro atoms. The highest BCUT2D eigenvalue weighted by atomic mass is 16.6. The first-order valence-electron chi connectivity index (χ1n) is 10.3. The van der Waals surface area contributed by atoms with Gasteiger partial charge < -0.3 is 9.47 Å². The second-order valence-corrected chi connectivity index (χ2v) is 11.0. The predicted molar refractivity (Wildman–Crippen MR) is 98.2 cm³/mol. The second kappa shape index (κ2) is 5.26. The van der Waals surface area contributed by atoms with E-state index in [0.29, 0.717) is 11.8 Å². The minimum atomic E-state index is -0.788. The van der Waals surface area contributed by atoms with Gasteiger partial charge in [0.25, 0.3) is 0 Å². The largest absolute Gasteiger partial charge is 0.453 e. The van der Waals surface area contributed by atoms with E-state index >= 15 is 0 Å². The molecule has 0 aromatic rings. The molecule has 4 rings (SSSR count). The molecule has 0 heterocycles. The van der Waals surface area contributed by atoms with Gasteiger partial charge in [0.05, 0.1) is 0 Å². The third-order valence-electron chi connectivity index (χ3n) is 10.1. The fourth-order valence-corrected chi connectivity index (χ4v) is 6.97. The Morgan fingerprint density at radius 3 is 1.27 bits per heavy atom. The van der Waals surface area contributed by atoms with Crippen LogP contribution in [-0.4, -0.2) is 24.1 Å². The molecule has 4 aliphatic carbocycles. The van der Waals surface area contributed by atoms with Gasteiger partial charge in [-0.3, -0.25) is 0 Å². The standard InChI is InChI=1S/C22H34O4/c1-19(2)13-7-9-21(19,5)15(11-13)25-17(23)18(24)26-16-12-14-8-10-22(16,6)20(14,3)4/h13-16H,7-12H2,1-6H3/t13-,14-,15-,16-,21+,22+/m1/s1. The lowest BCUT2D eigenvalue weighted by Gasteiger charge is -2.39. The Bertz CT molecular complexity index is 595. The van der Waals surface area contributed by atoms with Crippen molar-refractivity contribution < 1.29 is 19.1 Å². The van der Waals surface area contributed by atoms with Gasteiger partial charge in [-0.15, -0.1) is 0 Å². The molecule has 0 aromatic heterocycles. The van der Waals surface area contributed by atoms with Crippen LogP contribution < -0.4 is 0 Å². The zero-order chi connectivity index (χ0) is 19.1. The van der Waals surface area contributed by atoms with Gasteiger partial charge in [-0.1, -0.05) is 41.5 Å². The van der Waals surface area contributed by atoms with Gasteiger partial charge in [0.2, 0.25) is 0 Å². The van der Waals surface area contributed by atoms with Crippen molar-refractivity contribution in [2.45, 2.75) is 92.3 Å². The van der Waals surface area contributed by atoms with Crippen LogP contribution in [0.15, 0.2) is 0 Å². The molecule has 4 nitrogen and oxygen atoms in total. The highest BCUT2D eigenvalue weighted by Gasteiger charge is 2.64. The number of esters is 2. The molecule has 4 heteroatoms. The van der Waals surface area contributed by atoms with Gasteiger partial charge in [0.15, 0.2) is 0 Å². The topological polar surface area (TPSA) is 52.6 Å². The first kappa shape index (κ1) is 18.3. The van der Waals surface area contributed by atoms with Crippen LogP contribution in [0.2, 0.25) is 0 Å².